The van der Waals surface area contributed by atoms with Gasteiger partial charge in [-0.15, -0.1) is 0 Å². The molecular weight excluding hydrogens is 306 g/mol. The van der Waals surface area contributed by atoms with Crippen LogP contribution in [0.2, 0.25) is 0 Å². The van der Waals surface area contributed by atoms with Crippen LogP contribution in [0.5, 0.6) is 0 Å². The van der Waals surface area contributed by atoms with Crippen LogP contribution in [0.3, 0.4) is 0 Å². The molecule has 5 rings (SSSR count). The van der Waals surface area contributed by atoms with Gasteiger partial charge >= 0.3 is 0 Å². The Labute approximate surface area is 145 Å². The third-order valence-electron chi connectivity index (χ3n) is 4.47. The maximum Gasteiger partial charge on any atom is 0.146 e. The zero-order valence-corrected chi connectivity index (χ0v) is 13.5. The van der Waals surface area contributed by atoms with Crippen LogP contribution < -0.4 is 0 Å². The maximum absolute atomic E-state index is 4.91. The Balaban J connectivity index is 1.81. The summed E-state index contributed by atoms with van der Waals surface area (Å²) in [5.41, 5.74) is 4.12. The van der Waals surface area contributed by atoms with Crippen molar-refractivity contribution in [1.82, 2.24) is 14.5 Å². The van der Waals surface area contributed by atoms with E-state index in [1.54, 1.807) is 0 Å². The molecule has 0 N–H and O–H groups in total. The van der Waals surface area contributed by atoms with Gasteiger partial charge in [0.2, 0.25) is 0 Å². The Morgan fingerprint density at radius 3 is 2.36 bits per heavy atom. The van der Waals surface area contributed by atoms with E-state index in [4.69, 9.17) is 4.98 Å². The van der Waals surface area contributed by atoms with Crippen LogP contribution in [0.4, 0.5) is 0 Å². The molecule has 2 aromatic carbocycles. The largest absolute Gasteiger partial charge is 0.278 e. The monoisotopic (exact) mass is 321 g/mol. The number of fused-ring (bicyclic) bond motifs is 3. The van der Waals surface area contributed by atoms with E-state index in [9.17, 15) is 0 Å². The number of nitrogens with zero attached hydrogens (tertiary/aromatic N) is 3. The zero-order chi connectivity index (χ0) is 16.6. The van der Waals surface area contributed by atoms with E-state index in [-0.39, 0.29) is 0 Å². The van der Waals surface area contributed by atoms with Crippen molar-refractivity contribution in [3.05, 3.63) is 91.1 Å². The highest BCUT2D eigenvalue weighted by molar-refractivity contribution is 6.07. The number of aromatic nitrogens is 3. The van der Waals surface area contributed by atoms with Crippen LogP contribution >= 0.6 is 0 Å². The first-order valence-corrected chi connectivity index (χ1v) is 8.29. The van der Waals surface area contributed by atoms with Crippen molar-refractivity contribution >= 4 is 21.9 Å². The fraction of sp³-hybridized carbons (Fsp3) is 0. The minimum absolute atomic E-state index is 0.881. The molecule has 3 nitrogen and oxygen atoms in total. The van der Waals surface area contributed by atoms with E-state index in [0.29, 0.717) is 0 Å². The molecule has 0 aliphatic rings. The van der Waals surface area contributed by atoms with Gasteiger partial charge in [-0.3, -0.25) is 4.57 Å². The third kappa shape index (κ3) is 2.21. The molecule has 0 saturated heterocycles. The molecule has 0 aliphatic carbocycles. The van der Waals surface area contributed by atoms with Crippen molar-refractivity contribution in [3.63, 3.8) is 0 Å². The third-order valence-corrected chi connectivity index (χ3v) is 4.47. The first-order valence-electron chi connectivity index (χ1n) is 8.29. The van der Waals surface area contributed by atoms with E-state index in [2.05, 4.69) is 52.0 Å². The van der Waals surface area contributed by atoms with Crippen LogP contribution in [-0.2, 0) is 0 Å². The Morgan fingerprint density at radius 2 is 1.44 bits per heavy atom. The lowest BCUT2D eigenvalue weighted by Crippen LogP contribution is -1.99. The van der Waals surface area contributed by atoms with Gasteiger partial charge in [0, 0.05) is 22.5 Å². The molecule has 0 bridgehead atoms. The Bertz CT molecular complexity index is 1140. The van der Waals surface area contributed by atoms with Gasteiger partial charge in [0.05, 0.1) is 11.2 Å². The molecule has 0 spiro atoms. The molecule has 3 heteroatoms. The summed E-state index contributed by atoms with van der Waals surface area (Å²) in [6, 6.07) is 28.8. The van der Waals surface area contributed by atoms with Crippen molar-refractivity contribution < 1.29 is 0 Å². The summed E-state index contributed by atoms with van der Waals surface area (Å²) in [5, 5.41) is 2.34. The average molecular weight is 321 g/mol. The minimum atomic E-state index is 0.881. The topological polar surface area (TPSA) is 30.7 Å². The molecular formula is C22H15N3. The fourth-order valence-electron chi connectivity index (χ4n) is 3.35. The first kappa shape index (κ1) is 13.9. The molecule has 0 radical (unpaired) electrons. The van der Waals surface area contributed by atoms with E-state index in [1.807, 2.05) is 48.7 Å². The van der Waals surface area contributed by atoms with Crippen molar-refractivity contribution in [2.24, 2.45) is 0 Å². The molecule has 0 fully saturated rings. The molecule has 0 amide bonds. The maximum atomic E-state index is 4.91. The number of benzene rings is 2. The predicted octanol–water partition coefficient (Wildman–Crippen LogP) is 5.24. The van der Waals surface area contributed by atoms with Crippen LogP contribution in [0, 0.1) is 0 Å². The highest BCUT2D eigenvalue weighted by Crippen LogP contribution is 2.30. The Morgan fingerprint density at radius 1 is 0.640 bits per heavy atom. The van der Waals surface area contributed by atoms with Crippen LogP contribution in [0.1, 0.15) is 0 Å². The zero-order valence-electron chi connectivity index (χ0n) is 13.5. The SMILES string of the molecule is c1ccc(-c2cccc(-n3c4ccccc4c4cccnc43)n2)cc1. The molecule has 25 heavy (non-hydrogen) atoms. The van der Waals surface area contributed by atoms with Gasteiger partial charge in [0.1, 0.15) is 11.5 Å². The summed E-state index contributed by atoms with van der Waals surface area (Å²) in [6.45, 7) is 0. The van der Waals surface area contributed by atoms with Crippen LogP contribution in [-0.4, -0.2) is 14.5 Å². The van der Waals surface area contributed by atoms with E-state index in [0.717, 1.165) is 33.6 Å². The minimum Gasteiger partial charge on any atom is -0.278 e. The van der Waals surface area contributed by atoms with Crippen molar-refractivity contribution in [3.8, 4) is 17.1 Å². The quantitative estimate of drug-likeness (QED) is 0.445. The van der Waals surface area contributed by atoms with E-state index in [1.165, 1.54) is 5.39 Å². The Hall–Kier alpha value is -3.46. The molecule has 0 saturated carbocycles. The molecule has 0 unspecified atom stereocenters. The van der Waals surface area contributed by atoms with Crippen molar-refractivity contribution in [2.75, 3.05) is 0 Å². The molecule has 0 atom stereocenters. The second-order valence-corrected chi connectivity index (χ2v) is 5.97. The Kier molecular flexibility index (Phi) is 3.10. The van der Waals surface area contributed by atoms with Gasteiger partial charge in [0.15, 0.2) is 0 Å². The summed E-state index contributed by atoms with van der Waals surface area (Å²) in [6.07, 6.45) is 1.83. The lowest BCUT2D eigenvalue weighted by Gasteiger charge is -2.08. The van der Waals surface area contributed by atoms with Gasteiger partial charge < -0.3 is 0 Å². The van der Waals surface area contributed by atoms with Gasteiger partial charge in [-0.1, -0.05) is 54.6 Å². The normalized spacial score (nSPS) is 11.2. The number of rotatable bonds is 2. The van der Waals surface area contributed by atoms with E-state index >= 15 is 0 Å². The molecule has 5 aromatic rings. The van der Waals surface area contributed by atoms with E-state index < -0.39 is 0 Å². The number of para-hydroxylation sites is 1. The van der Waals surface area contributed by atoms with Crippen molar-refractivity contribution in [1.29, 1.82) is 0 Å². The second kappa shape index (κ2) is 5.56. The number of pyridine rings is 2. The van der Waals surface area contributed by atoms with Gasteiger partial charge in [-0.25, -0.2) is 9.97 Å². The summed E-state index contributed by atoms with van der Waals surface area (Å²) in [4.78, 5) is 9.53. The van der Waals surface area contributed by atoms with Gasteiger partial charge in [-0.2, -0.15) is 0 Å². The fourth-order valence-corrected chi connectivity index (χ4v) is 3.35. The second-order valence-electron chi connectivity index (χ2n) is 5.97. The summed E-state index contributed by atoms with van der Waals surface area (Å²) in [5.74, 6) is 0.881. The molecule has 3 aromatic heterocycles. The number of hydrogen-bond donors (Lipinski definition) is 0. The summed E-state index contributed by atoms with van der Waals surface area (Å²) < 4.78 is 2.14. The highest BCUT2D eigenvalue weighted by atomic mass is 15.1. The van der Waals surface area contributed by atoms with Gasteiger partial charge in [0.25, 0.3) is 0 Å². The average Bonchev–Trinajstić information content (AvgIpc) is 3.03. The van der Waals surface area contributed by atoms with Crippen LogP contribution in [0.25, 0.3) is 39.0 Å². The van der Waals surface area contributed by atoms with Crippen molar-refractivity contribution in [2.45, 2.75) is 0 Å². The molecule has 3 heterocycles. The molecule has 0 aliphatic heterocycles. The number of hydrogen-bond acceptors (Lipinski definition) is 2. The van der Waals surface area contributed by atoms with Crippen LogP contribution in [0.15, 0.2) is 91.1 Å². The summed E-state index contributed by atoms with van der Waals surface area (Å²) in [7, 11) is 0. The highest BCUT2D eigenvalue weighted by Gasteiger charge is 2.13. The smallest absolute Gasteiger partial charge is 0.146 e. The lowest BCUT2D eigenvalue weighted by molar-refractivity contribution is 1.06. The summed E-state index contributed by atoms with van der Waals surface area (Å²) >= 11 is 0. The van der Waals surface area contributed by atoms with Gasteiger partial charge in [-0.05, 0) is 30.3 Å². The first-order chi connectivity index (χ1) is 12.4. The predicted molar refractivity (Wildman–Crippen MR) is 102 cm³/mol. The molecule has 118 valence electrons. The lowest BCUT2D eigenvalue weighted by atomic mass is 10.1. The standard InChI is InChI=1S/C22H15N3/c1-2-8-16(9-3-1)19-12-6-14-21(24-19)25-20-13-5-4-10-17(20)18-11-7-15-23-22(18)25/h1-15H.